The molecule has 2 bridgehead atoms. The average molecular weight is 282 g/mol. The van der Waals surface area contributed by atoms with Gasteiger partial charge >= 0.3 is 0 Å². The predicted octanol–water partition coefficient (Wildman–Crippen LogP) is 4.37. The van der Waals surface area contributed by atoms with Gasteiger partial charge in [0.05, 0.1) is 0 Å². The number of hydrogen-bond donors (Lipinski definition) is 1. The molecule has 5 rings (SSSR count). The normalized spacial score (nSPS) is 37.3. The van der Waals surface area contributed by atoms with Gasteiger partial charge in [-0.1, -0.05) is 6.42 Å². The summed E-state index contributed by atoms with van der Waals surface area (Å²) in [6.07, 6.45) is 7.30. The highest BCUT2D eigenvalue weighted by Gasteiger charge is 2.53. The molecule has 1 aromatic heterocycles. The topological polar surface area (TPSA) is 38.1 Å². The molecule has 5 atom stereocenters. The molecule has 1 N–H and O–H groups in total. The molecule has 3 aliphatic rings. The Bertz CT molecular complexity index is 692. The Morgan fingerprint density at radius 3 is 3.00 bits per heavy atom. The van der Waals surface area contributed by atoms with Gasteiger partial charge in [-0.3, -0.25) is 0 Å². The van der Waals surface area contributed by atoms with E-state index in [4.69, 9.17) is 4.42 Å². The first-order chi connectivity index (χ1) is 10.3. The number of rotatable bonds is 2. The van der Waals surface area contributed by atoms with Crippen LogP contribution in [0, 0.1) is 30.6 Å². The zero-order valence-electron chi connectivity index (χ0n) is 12.5. The minimum Gasteiger partial charge on any atom is -0.441 e. The molecule has 0 aliphatic heterocycles. The number of benzene rings is 1. The smallest absolute Gasteiger partial charge is 0.192 e. The van der Waals surface area contributed by atoms with Crippen molar-refractivity contribution in [3.05, 3.63) is 24.1 Å². The van der Waals surface area contributed by atoms with Crippen LogP contribution in [0.15, 0.2) is 22.6 Å². The third-order valence-corrected chi connectivity index (χ3v) is 6.28. The average Bonchev–Trinajstić information content (AvgIpc) is 3.16. The molecule has 3 fully saturated rings. The lowest BCUT2D eigenvalue weighted by atomic mass is 9.79. The summed E-state index contributed by atoms with van der Waals surface area (Å²) >= 11 is 0. The molecule has 0 saturated heterocycles. The van der Waals surface area contributed by atoms with Gasteiger partial charge in [-0.2, -0.15) is 0 Å². The highest BCUT2D eigenvalue weighted by molar-refractivity contribution is 5.77. The Balaban J connectivity index is 1.39. The zero-order chi connectivity index (χ0) is 14.0. The number of nitrogens with zero attached hydrogens (tertiary/aromatic N) is 1. The van der Waals surface area contributed by atoms with Gasteiger partial charge in [-0.05, 0) is 67.6 Å². The maximum absolute atomic E-state index is 5.56. The summed E-state index contributed by atoms with van der Waals surface area (Å²) in [5, 5.41) is 3.80. The Morgan fingerprint density at radius 1 is 1.14 bits per heavy atom. The number of anilines is 1. The van der Waals surface area contributed by atoms with Crippen LogP contribution in [0.1, 0.15) is 38.0 Å². The molecule has 0 radical (unpaired) electrons. The highest BCUT2D eigenvalue weighted by Crippen LogP contribution is 2.59. The molecule has 2 aromatic rings. The van der Waals surface area contributed by atoms with Crippen molar-refractivity contribution in [3.63, 3.8) is 0 Å². The molecular formula is C18H22N2O. The fraction of sp³-hybridized carbons (Fsp3) is 0.611. The van der Waals surface area contributed by atoms with Crippen LogP contribution < -0.4 is 5.32 Å². The van der Waals surface area contributed by atoms with E-state index in [9.17, 15) is 0 Å². The van der Waals surface area contributed by atoms with Gasteiger partial charge in [0.15, 0.2) is 11.5 Å². The van der Waals surface area contributed by atoms with Crippen molar-refractivity contribution in [2.75, 3.05) is 5.32 Å². The molecule has 21 heavy (non-hydrogen) atoms. The van der Waals surface area contributed by atoms with E-state index in [1.165, 1.54) is 37.8 Å². The minimum absolute atomic E-state index is 0.680. The lowest BCUT2D eigenvalue weighted by molar-refractivity contribution is 0.243. The van der Waals surface area contributed by atoms with Crippen LogP contribution in [0.5, 0.6) is 0 Å². The van der Waals surface area contributed by atoms with E-state index in [1.54, 1.807) is 0 Å². The van der Waals surface area contributed by atoms with Crippen molar-refractivity contribution in [1.82, 2.24) is 4.98 Å². The maximum Gasteiger partial charge on any atom is 0.192 e. The van der Waals surface area contributed by atoms with Crippen LogP contribution in [-0.2, 0) is 0 Å². The van der Waals surface area contributed by atoms with E-state index in [0.29, 0.717) is 6.04 Å². The Morgan fingerprint density at radius 2 is 2.05 bits per heavy atom. The molecule has 0 amide bonds. The number of aromatic nitrogens is 1. The van der Waals surface area contributed by atoms with Crippen LogP contribution in [0.4, 0.5) is 5.69 Å². The van der Waals surface area contributed by atoms with Gasteiger partial charge < -0.3 is 9.73 Å². The molecule has 0 spiro atoms. The summed E-state index contributed by atoms with van der Waals surface area (Å²) in [6, 6.07) is 7.01. The van der Waals surface area contributed by atoms with Crippen molar-refractivity contribution in [2.45, 2.75) is 45.1 Å². The molecule has 110 valence electrons. The second kappa shape index (κ2) is 4.25. The second-order valence-corrected chi connectivity index (χ2v) is 7.32. The summed E-state index contributed by atoms with van der Waals surface area (Å²) in [6.45, 7) is 1.91. The lowest BCUT2D eigenvalue weighted by Gasteiger charge is -2.32. The van der Waals surface area contributed by atoms with Gasteiger partial charge in [0, 0.05) is 18.7 Å². The molecule has 5 unspecified atom stereocenters. The van der Waals surface area contributed by atoms with Crippen LogP contribution in [0.3, 0.4) is 0 Å². The molecule has 3 saturated carbocycles. The van der Waals surface area contributed by atoms with Crippen LogP contribution in [0.2, 0.25) is 0 Å². The fourth-order valence-corrected chi connectivity index (χ4v) is 5.58. The monoisotopic (exact) mass is 282 g/mol. The van der Waals surface area contributed by atoms with Crippen LogP contribution >= 0.6 is 0 Å². The summed E-state index contributed by atoms with van der Waals surface area (Å²) < 4.78 is 5.56. The van der Waals surface area contributed by atoms with Crippen molar-refractivity contribution in [3.8, 4) is 0 Å². The summed E-state index contributed by atoms with van der Waals surface area (Å²) in [5.41, 5.74) is 3.07. The van der Waals surface area contributed by atoms with Gasteiger partial charge in [-0.15, -0.1) is 0 Å². The zero-order valence-corrected chi connectivity index (χ0v) is 12.5. The molecule has 3 heteroatoms. The first-order valence-corrected chi connectivity index (χ1v) is 8.41. The molecule has 1 heterocycles. The Kier molecular flexibility index (Phi) is 2.44. The van der Waals surface area contributed by atoms with Gasteiger partial charge in [0.1, 0.15) is 5.52 Å². The molecule has 1 aromatic carbocycles. The summed E-state index contributed by atoms with van der Waals surface area (Å²) in [7, 11) is 0. The van der Waals surface area contributed by atoms with E-state index in [-0.39, 0.29) is 0 Å². The first kappa shape index (κ1) is 12.1. The van der Waals surface area contributed by atoms with E-state index in [2.05, 4.69) is 22.4 Å². The van der Waals surface area contributed by atoms with Gasteiger partial charge in [-0.25, -0.2) is 4.98 Å². The maximum atomic E-state index is 5.56. The van der Waals surface area contributed by atoms with Crippen molar-refractivity contribution >= 4 is 16.8 Å². The highest BCUT2D eigenvalue weighted by atomic mass is 16.3. The minimum atomic E-state index is 0.680. The molecule has 3 aliphatic carbocycles. The Labute approximate surface area is 125 Å². The van der Waals surface area contributed by atoms with E-state index >= 15 is 0 Å². The molecule has 3 nitrogen and oxygen atoms in total. The number of aryl methyl sites for hydroxylation is 1. The Hall–Kier alpha value is -1.51. The molecular weight excluding hydrogens is 260 g/mol. The third kappa shape index (κ3) is 1.76. The number of fused-ring (bicyclic) bond motifs is 6. The predicted molar refractivity (Wildman–Crippen MR) is 83.2 cm³/mol. The van der Waals surface area contributed by atoms with E-state index < -0.39 is 0 Å². The number of nitrogens with one attached hydrogen (secondary N) is 1. The van der Waals surface area contributed by atoms with Gasteiger partial charge in [0.25, 0.3) is 0 Å². The summed E-state index contributed by atoms with van der Waals surface area (Å²) in [4.78, 5) is 4.44. The van der Waals surface area contributed by atoms with E-state index in [1.807, 2.05) is 13.0 Å². The van der Waals surface area contributed by atoms with Crippen LogP contribution in [-0.4, -0.2) is 11.0 Å². The third-order valence-electron chi connectivity index (χ3n) is 6.28. The number of oxazole rings is 1. The van der Waals surface area contributed by atoms with Crippen molar-refractivity contribution < 1.29 is 4.42 Å². The van der Waals surface area contributed by atoms with Crippen molar-refractivity contribution in [2.24, 2.45) is 23.7 Å². The number of hydrogen-bond acceptors (Lipinski definition) is 3. The van der Waals surface area contributed by atoms with Crippen molar-refractivity contribution in [1.29, 1.82) is 0 Å². The van der Waals surface area contributed by atoms with Crippen LogP contribution in [0.25, 0.3) is 11.1 Å². The lowest BCUT2D eigenvalue weighted by Crippen LogP contribution is -2.33. The second-order valence-electron chi connectivity index (χ2n) is 7.32. The van der Waals surface area contributed by atoms with E-state index in [0.717, 1.165) is 40.7 Å². The SMILES string of the molecule is Cc1nc2cc(NC3CC4CC3C3CCCC43)ccc2o1. The quantitative estimate of drug-likeness (QED) is 0.888. The standard InChI is InChI=1S/C18H22N2O/c1-10-19-17-9-12(5-6-18(17)21-10)20-16-8-11-7-15(16)14-4-2-3-13(11)14/h5-6,9,11,13-16,20H,2-4,7-8H2,1H3. The first-order valence-electron chi connectivity index (χ1n) is 8.41. The largest absolute Gasteiger partial charge is 0.441 e. The fourth-order valence-electron chi connectivity index (χ4n) is 5.58. The summed E-state index contributed by atoms with van der Waals surface area (Å²) in [5.74, 6) is 4.74. The van der Waals surface area contributed by atoms with Gasteiger partial charge in [0.2, 0.25) is 0 Å².